The summed E-state index contributed by atoms with van der Waals surface area (Å²) in [5, 5.41) is 4.61. The zero-order valence-electron chi connectivity index (χ0n) is 13.0. The van der Waals surface area contributed by atoms with Crippen LogP contribution in [0.3, 0.4) is 0 Å². The number of rotatable bonds is 2. The Morgan fingerprint density at radius 1 is 1.35 bits per heavy atom. The highest BCUT2D eigenvalue weighted by molar-refractivity contribution is 5.68. The number of nitrogens with zero attached hydrogens (tertiary/aromatic N) is 3. The van der Waals surface area contributed by atoms with E-state index in [1.165, 1.54) is 5.56 Å². The summed E-state index contributed by atoms with van der Waals surface area (Å²) in [7, 11) is 0. The van der Waals surface area contributed by atoms with Crippen LogP contribution in [-0.2, 0) is 24.1 Å². The Balaban J connectivity index is 1.98. The van der Waals surface area contributed by atoms with E-state index < -0.39 is 5.60 Å². The predicted molar refractivity (Wildman–Crippen MR) is 77.7 cm³/mol. The molecule has 0 spiro atoms. The Bertz CT molecular complexity index is 448. The molecule has 0 bridgehead atoms. The highest BCUT2D eigenvalue weighted by atomic mass is 16.6. The number of hydrogen-bond acceptors (Lipinski definition) is 3. The predicted octanol–water partition coefficient (Wildman–Crippen LogP) is 2.63. The van der Waals surface area contributed by atoms with Crippen LogP contribution in [0.15, 0.2) is 6.20 Å². The van der Waals surface area contributed by atoms with Gasteiger partial charge in [-0.25, -0.2) is 4.79 Å². The molecule has 0 fully saturated rings. The summed E-state index contributed by atoms with van der Waals surface area (Å²) in [6.45, 7) is 10.2. The molecule has 1 amide bonds. The van der Waals surface area contributed by atoms with Crippen molar-refractivity contribution in [2.24, 2.45) is 0 Å². The lowest BCUT2D eigenvalue weighted by Crippen LogP contribution is -2.38. The Hall–Kier alpha value is -1.52. The number of aryl methyl sites for hydroxylation is 1. The summed E-state index contributed by atoms with van der Waals surface area (Å²) in [4.78, 5) is 13.9. The molecule has 5 heteroatoms. The van der Waals surface area contributed by atoms with Crippen LogP contribution in [0.5, 0.6) is 0 Å². The lowest BCUT2D eigenvalue weighted by Gasteiger charge is -2.26. The number of ether oxygens (including phenoxy) is 1. The average molecular weight is 279 g/mol. The van der Waals surface area contributed by atoms with Gasteiger partial charge in [-0.1, -0.05) is 6.92 Å². The molecule has 1 aromatic rings. The van der Waals surface area contributed by atoms with Gasteiger partial charge in [0.15, 0.2) is 0 Å². The Kier molecular flexibility index (Phi) is 4.35. The fourth-order valence-electron chi connectivity index (χ4n) is 2.38. The summed E-state index contributed by atoms with van der Waals surface area (Å²) >= 11 is 0. The van der Waals surface area contributed by atoms with Gasteiger partial charge >= 0.3 is 6.09 Å². The summed E-state index contributed by atoms with van der Waals surface area (Å²) in [5.41, 5.74) is 1.96. The third kappa shape index (κ3) is 3.74. The lowest BCUT2D eigenvalue weighted by atomic mass is 10.2. The van der Waals surface area contributed by atoms with Gasteiger partial charge < -0.3 is 9.64 Å². The molecule has 0 N–H and O–H groups in total. The van der Waals surface area contributed by atoms with Crippen LogP contribution < -0.4 is 0 Å². The van der Waals surface area contributed by atoms with Gasteiger partial charge in [-0.15, -0.1) is 0 Å². The maximum atomic E-state index is 12.1. The van der Waals surface area contributed by atoms with Crippen molar-refractivity contribution in [2.45, 2.75) is 59.1 Å². The van der Waals surface area contributed by atoms with Crippen molar-refractivity contribution in [2.75, 3.05) is 13.1 Å². The fourth-order valence-corrected chi connectivity index (χ4v) is 2.38. The number of amides is 1. The summed E-state index contributed by atoms with van der Waals surface area (Å²) in [6, 6.07) is 0. The molecule has 0 saturated carbocycles. The molecule has 2 rings (SSSR count). The molecule has 0 atom stereocenters. The molecule has 0 radical (unpaired) electrons. The summed E-state index contributed by atoms with van der Waals surface area (Å²) < 4.78 is 7.45. The second-order valence-corrected chi connectivity index (χ2v) is 6.33. The molecular weight excluding hydrogens is 254 g/mol. The first kappa shape index (κ1) is 14.9. The van der Waals surface area contributed by atoms with Crippen molar-refractivity contribution >= 4 is 6.09 Å². The zero-order valence-corrected chi connectivity index (χ0v) is 13.0. The van der Waals surface area contributed by atoms with E-state index in [9.17, 15) is 4.79 Å². The van der Waals surface area contributed by atoms with Gasteiger partial charge in [-0.2, -0.15) is 5.10 Å². The van der Waals surface area contributed by atoms with E-state index in [2.05, 4.69) is 18.2 Å². The van der Waals surface area contributed by atoms with Crippen LogP contribution in [0.2, 0.25) is 0 Å². The van der Waals surface area contributed by atoms with E-state index in [0.717, 1.165) is 31.5 Å². The number of hydrogen-bond donors (Lipinski definition) is 0. The standard InChI is InChI=1S/C15H25N3O2/c1-5-8-18-11-12-6-9-17(10-7-13(12)16-18)14(19)20-15(2,3)4/h11H,5-10H2,1-4H3. The number of fused-ring (bicyclic) bond motifs is 1. The Morgan fingerprint density at radius 2 is 2.05 bits per heavy atom. The average Bonchev–Trinajstić information content (AvgIpc) is 2.59. The van der Waals surface area contributed by atoms with Gasteiger partial charge in [0.05, 0.1) is 5.69 Å². The SMILES string of the molecule is CCCn1cc2c(n1)CCN(C(=O)OC(C)(C)C)CC2. The topological polar surface area (TPSA) is 47.4 Å². The molecule has 20 heavy (non-hydrogen) atoms. The van der Waals surface area contributed by atoms with E-state index in [1.54, 1.807) is 4.90 Å². The monoisotopic (exact) mass is 279 g/mol. The largest absolute Gasteiger partial charge is 0.444 e. The molecule has 1 aliphatic heterocycles. The third-order valence-electron chi connectivity index (χ3n) is 3.30. The van der Waals surface area contributed by atoms with E-state index in [1.807, 2.05) is 25.5 Å². The van der Waals surface area contributed by atoms with E-state index in [4.69, 9.17) is 4.74 Å². The van der Waals surface area contributed by atoms with E-state index in [0.29, 0.717) is 13.1 Å². The minimum atomic E-state index is -0.437. The first-order valence-corrected chi connectivity index (χ1v) is 7.42. The molecule has 5 nitrogen and oxygen atoms in total. The van der Waals surface area contributed by atoms with Gasteiger partial charge in [0, 0.05) is 32.3 Å². The quantitative estimate of drug-likeness (QED) is 0.836. The Labute approximate surface area is 120 Å². The second kappa shape index (κ2) is 5.85. The number of carbonyl (C=O) groups excluding carboxylic acids is 1. The molecule has 1 aromatic heterocycles. The van der Waals surface area contributed by atoms with Crippen molar-refractivity contribution < 1.29 is 9.53 Å². The lowest BCUT2D eigenvalue weighted by molar-refractivity contribution is 0.0258. The van der Waals surface area contributed by atoms with E-state index >= 15 is 0 Å². The van der Waals surface area contributed by atoms with Crippen molar-refractivity contribution in [3.05, 3.63) is 17.5 Å². The van der Waals surface area contributed by atoms with Crippen molar-refractivity contribution in [1.82, 2.24) is 14.7 Å². The van der Waals surface area contributed by atoms with Gasteiger partial charge in [0.1, 0.15) is 5.60 Å². The first-order valence-electron chi connectivity index (χ1n) is 7.42. The van der Waals surface area contributed by atoms with Gasteiger partial charge in [-0.05, 0) is 39.2 Å². The van der Waals surface area contributed by atoms with Crippen LogP contribution in [0.25, 0.3) is 0 Å². The van der Waals surface area contributed by atoms with Crippen LogP contribution >= 0.6 is 0 Å². The minimum Gasteiger partial charge on any atom is -0.444 e. The van der Waals surface area contributed by atoms with Crippen molar-refractivity contribution in [3.8, 4) is 0 Å². The maximum Gasteiger partial charge on any atom is 0.410 e. The smallest absolute Gasteiger partial charge is 0.410 e. The van der Waals surface area contributed by atoms with Crippen LogP contribution in [0.1, 0.15) is 45.4 Å². The molecule has 1 aliphatic rings. The highest BCUT2D eigenvalue weighted by Gasteiger charge is 2.25. The molecule has 0 aromatic carbocycles. The summed E-state index contributed by atoms with van der Waals surface area (Å²) in [6.07, 6.45) is 4.66. The van der Waals surface area contributed by atoms with Gasteiger partial charge in [0.25, 0.3) is 0 Å². The summed E-state index contributed by atoms with van der Waals surface area (Å²) in [5.74, 6) is 0. The van der Waals surface area contributed by atoms with Gasteiger partial charge in [-0.3, -0.25) is 4.68 Å². The van der Waals surface area contributed by atoms with Crippen LogP contribution in [0.4, 0.5) is 4.79 Å². The molecule has 2 heterocycles. The number of carbonyl (C=O) groups is 1. The van der Waals surface area contributed by atoms with Crippen molar-refractivity contribution in [3.63, 3.8) is 0 Å². The third-order valence-corrected chi connectivity index (χ3v) is 3.30. The molecule has 0 unspecified atom stereocenters. The number of aromatic nitrogens is 2. The molecule has 0 saturated heterocycles. The maximum absolute atomic E-state index is 12.1. The van der Waals surface area contributed by atoms with Crippen molar-refractivity contribution in [1.29, 1.82) is 0 Å². The van der Waals surface area contributed by atoms with E-state index in [-0.39, 0.29) is 6.09 Å². The van der Waals surface area contributed by atoms with Crippen LogP contribution in [-0.4, -0.2) is 39.5 Å². The first-order chi connectivity index (χ1) is 9.39. The zero-order chi connectivity index (χ0) is 14.8. The Morgan fingerprint density at radius 3 is 2.70 bits per heavy atom. The van der Waals surface area contributed by atoms with Gasteiger partial charge in [0.2, 0.25) is 0 Å². The molecule has 0 aliphatic carbocycles. The molecular formula is C15H25N3O2. The highest BCUT2D eigenvalue weighted by Crippen LogP contribution is 2.17. The fraction of sp³-hybridized carbons (Fsp3) is 0.733. The normalized spacial score (nSPS) is 15.7. The molecule has 112 valence electrons. The minimum absolute atomic E-state index is 0.218. The van der Waals surface area contributed by atoms with Crippen LogP contribution in [0, 0.1) is 0 Å². The second-order valence-electron chi connectivity index (χ2n) is 6.33.